The lowest BCUT2D eigenvalue weighted by atomic mass is 9.89. The zero-order valence-corrected chi connectivity index (χ0v) is 13.2. The van der Waals surface area contributed by atoms with Crippen molar-refractivity contribution < 1.29 is 23.5 Å². The maximum absolute atomic E-state index is 13.1. The van der Waals surface area contributed by atoms with Crippen molar-refractivity contribution >= 4 is 35.1 Å². The van der Waals surface area contributed by atoms with Crippen LogP contribution in [0.25, 0.3) is 0 Å². The second-order valence-corrected chi connectivity index (χ2v) is 5.36. The Morgan fingerprint density at radius 1 is 1.43 bits per heavy atom. The monoisotopic (exact) mass is 340 g/mol. The Balaban J connectivity index is 2.28. The molecule has 2 N–H and O–H groups in total. The van der Waals surface area contributed by atoms with E-state index in [1.165, 1.54) is 26.2 Å². The minimum atomic E-state index is -1.000. The number of hydrogen-bond donors (Lipinski definition) is 2. The van der Waals surface area contributed by atoms with E-state index in [9.17, 15) is 18.8 Å². The summed E-state index contributed by atoms with van der Waals surface area (Å²) >= 11 is 5.66. The van der Waals surface area contributed by atoms with Gasteiger partial charge in [-0.3, -0.25) is 9.59 Å². The Hall–Kier alpha value is -2.41. The lowest BCUT2D eigenvalue weighted by Gasteiger charge is -2.25. The number of esters is 1. The van der Waals surface area contributed by atoms with Crippen molar-refractivity contribution in [3.8, 4) is 0 Å². The summed E-state index contributed by atoms with van der Waals surface area (Å²) in [6.07, 6.45) is -0.192. The number of ether oxygens (including phenoxy) is 1. The van der Waals surface area contributed by atoms with E-state index in [0.29, 0.717) is 0 Å². The minimum absolute atomic E-state index is 0.0813. The zero-order valence-electron chi connectivity index (χ0n) is 12.4. The molecule has 0 unspecified atom stereocenters. The van der Waals surface area contributed by atoms with Crippen molar-refractivity contribution in [2.24, 2.45) is 5.92 Å². The normalized spacial score (nSPS) is 17.6. The second kappa shape index (κ2) is 6.78. The van der Waals surface area contributed by atoms with Crippen LogP contribution in [0.15, 0.2) is 29.5 Å². The number of methoxy groups -OCH3 is 1. The highest BCUT2D eigenvalue weighted by Crippen LogP contribution is 2.26. The van der Waals surface area contributed by atoms with Crippen molar-refractivity contribution in [1.29, 1.82) is 0 Å². The number of amides is 2. The summed E-state index contributed by atoms with van der Waals surface area (Å²) < 4.78 is 17.8. The quantitative estimate of drug-likeness (QED) is 0.824. The number of allylic oxidation sites excluding steroid dienone is 1. The molecular weight excluding hydrogens is 327 g/mol. The summed E-state index contributed by atoms with van der Waals surface area (Å²) in [5.41, 5.74) is 0.609. The molecule has 0 fully saturated rings. The minimum Gasteiger partial charge on any atom is -0.466 e. The molecule has 6 nitrogen and oxygen atoms in total. The van der Waals surface area contributed by atoms with Gasteiger partial charge in [0.15, 0.2) is 0 Å². The van der Waals surface area contributed by atoms with Gasteiger partial charge in [0, 0.05) is 17.8 Å². The molecule has 1 heterocycles. The molecule has 0 aromatic heterocycles. The molecular formula is C15H14ClFN2O4. The summed E-state index contributed by atoms with van der Waals surface area (Å²) in [6.45, 7) is 1.51. The van der Waals surface area contributed by atoms with Gasteiger partial charge in [-0.05, 0) is 25.1 Å². The molecule has 0 saturated carbocycles. The first-order valence-corrected chi connectivity index (χ1v) is 7.06. The molecule has 0 aliphatic carbocycles. The van der Waals surface area contributed by atoms with Crippen LogP contribution in [0.2, 0.25) is 5.02 Å². The Bertz CT molecular complexity index is 717. The summed E-state index contributed by atoms with van der Waals surface area (Å²) in [5, 5.41) is 4.87. The number of nitrogens with one attached hydrogen (secondary N) is 2. The van der Waals surface area contributed by atoms with Gasteiger partial charge in [0.05, 0.1) is 23.6 Å². The molecule has 1 aromatic rings. The first kappa shape index (κ1) is 17.0. The highest BCUT2D eigenvalue weighted by molar-refractivity contribution is 6.31. The van der Waals surface area contributed by atoms with E-state index < -0.39 is 23.6 Å². The highest BCUT2D eigenvalue weighted by Gasteiger charge is 2.36. The molecule has 0 spiro atoms. The molecule has 0 radical (unpaired) electrons. The Kier molecular flexibility index (Phi) is 5.00. The molecule has 2 amide bonds. The summed E-state index contributed by atoms with van der Waals surface area (Å²) in [7, 11) is 1.19. The number of benzene rings is 1. The molecule has 2 rings (SSSR count). The average Bonchev–Trinajstić information content (AvgIpc) is 2.49. The van der Waals surface area contributed by atoms with Crippen molar-refractivity contribution in [1.82, 2.24) is 5.32 Å². The van der Waals surface area contributed by atoms with Gasteiger partial charge in [0.2, 0.25) is 11.8 Å². The van der Waals surface area contributed by atoms with Crippen LogP contribution < -0.4 is 10.6 Å². The van der Waals surface area contributed by atoms with E-state index in [4.69, 9.17) is 11.6 Å². The SMILES string of the molecule is COC(=O)C1=C(C)NC(=O)C[C@@H]1C(=O)Nc1ccc(F)c(Cl)c1. The molecule has 1 atom stereocenters. The van der Waals surface area contributed by atoms with E-state index >= 15 is 0 Å². The molecule has 0 saturated heterocycles. The fourth-order valence-electron chi connectivity index (χ4n) is 2.31. The van der Waals surface area contributed by atoms with E-state index in [1.54, 1.807) is 0 Å². The van der Waals surface area contributed by atoms with Gasteiger partial charge >= 0.3 is 5.97 Å². The Morgan fingerprint density at radius 3 is 2.74 bits per heavy atom. The predicted molar refractivity (Wildman–Crippen MR) is 81.0 cm³/mol. The van der Waals surface area contributed by atoms with Crippen molar-refractivity contribution in [2.45, 2.75) is 13.3 Å². The maximum Gasteiger partial charge on any atom is 0.336 e. The van der Waals surface area contributed by atoms with Crippen LogP contribution in [-0.4, -0.2) is 24.9 Å². The molecule has 1 aliphatic rings. The van der Waals surface area contributed by atoms with E-state index in [-0.39, 0.29) is 34.3 Å². The van der Waals surface area contributed by atoms with E-state index in [1.807, 2.05) is 0 Å². The van der Waals surface area contributed by atoms with Gasteiger partial charge in [0.25, 0.3) is 0 Å². The van der Waals surface area contributed by atoms with Gasteiger partial charge in [-0.25, -0.2) is 9.18 Å². The van der Waals surface area contributed by atoms with Crippen LogP contribution in [-0.2, 0) is 19.1 Å². The molecule has 0 bridgehead atoms. The highest BCUT2D eigenvalue weighted by atomic mass is 35.5. The molecule has 1 aromatic carbocycles. The summed E-state index contributed by atoms with van der Waals surface area (Å²) in [6, 6.07) is 3.68. The fourth-order valence-corrected chi connectivity index (χ4v) is 2.49. The number of rotatable bonds is 3. The van der Waals surface area contributed by atoms with Gasteiger partial charge in [-0.15, -0.1) is 0 Å². The smallest absolute Gasteiger partial charge is 0.336 e. The van der Waals surface area contributed by atoms with Crippen molar-refractivity contribution in [3.63, 3.8) is 0 Å². The van der Waals surface area contributed by atoms with Crippen molar-refractivity contribution in [2.75, 3.05) is 12.4 Å². The molecule has 122 valence electrons. The fraction of sp³-hybridized carbons (Fsp3) is 0.267. The average molecular weight is 341 g/mol. The van der Waals surface area contributed by atoms with Crippen LogP contribution in [0.1, 0.15) is 13.3 Å². The van der Waals surface area contributed by atoms with Crippen molar-refractivity contribution in [3.05, 3.63) is 40.3 Å². The molecule has 8 heteroatoms. The number of anilines is 1. The third kappa shape index (κ3) is 3.68. The molecule has 23 heavy (non-hydrogen) atoms. The Morgan fingerprint density at radius 2 is 2.13 bits per heavy atom. The van der Waals surface area contributed by atoms with Gasteiger partial charge in [-0.2, -0.15) is 0 Å². The third-order valence-corrected chi connectivity index (χ3v) is 3.67. The van der Waals surface area contributed by atoms with Gasteiger partial charge < -0.3 is 15.4 Å². The first-order valence-electron chi connectivity index (χ1n) is 6.68. The summed E-state index contributed by atoms with van der Waals surface area (Å²) in [4.78, 5) is 35.9. The maximum atomic E-state index is 13.1. The topological polar surface area (TPSA) is 84.5 Å². The van der Waals surface area contributed by atoms with Gasteiger partial charge in [-0.1, -0.05) is 11.6 Å². The number of carbonyl (C=O) groups is 3. The zero-order chi connectivity index (χ0) is 17.1. The molecule has 1 aliphatic heterocycles. The summed E-state index contributed by atoms with van der Waals surface area (Å²) in [5.74, 6) is -3.28. The van der Waals surface area contributed by atoms with Gasteiger partial charge in [0.1, 0.15) is 5.82 Å². The lowest BCUT2D eigenvalue weighted by Crippen LogP contribution is -2.40. The largest absolute Gasteiger partial charge is 0.466 e. The van der Waals surface area contributed by atoms with E-state index in [2.05, 4.69) is 15.4 Å². The number of halogens is 2. The number of carbonyl (C=O) groups excluding carboxylic acids is 3. The van der Waals surface area contributed by atoms with Crippen LogP contribution in [0.5, 0.6) is 0 Å². The predicted octanol–water partition coefficient (Wildman–Crippen LogP) is 2.00. The van der Waals surface area contributed by atoms with Crippen LogP contribution in [0.3, 0.4) is 0 Å². The standard InChI is InChI=1S/C15H14ClFN2O4/c1-7-13(15(22)23-2)9(6-12(20)18-7)14(21)19-8-3-4-11(17)10(16)5-8/h3-5,9H,6H2,1-2H3,(H,18,20)(H,19,21)/t9-/m0/s1. The lowest BCUT2D eigenvalue weighted by molar-refractivity contribution is -0.139. The van der Waals surface area contributed by atoms with Crippen LogP contribution in [0, 0.1) is 11.7 Å². The first-order chi connectivity index (χ1) is 10.8. The van der Waals surface area contributed by atoms with Crippen LogP contribution >= 0.6 is 11.6 Å². The van der Waals surface area contributed by atoms with E-state index in [0.717, 1.165) is 6.07 Å². The number of hydrogen-bond acceptors (Lipinski definition) is 4. The third-order valence-electron chi connectivity index (χ3n) is 3.38. The Labute approximate surface area is 136 Å². The van der Waals surface area contributed by atoms with Crippen LogP contribution in [0.4, 0.5) is 10.1 Å². The second-order valence-electron chi connectivity index (χ2n) is 4.95.